The van der Waals surface area contributed by atoms with E-state index in [1.807, 2.05) is 37.5 Å². The molecule has 1 aromatic carbocycles. The van der Waals surface area contributed by atoms with Gasteiger partial charge < -0.3 is 9.72 Å². The molecule has 5 heterocycles. The summed E-state index contributed by atoms with van der Waals surface area (Å²) in [6.07, 6.45) is 3.73. The van der Waals surface area contributed by atoms with Crippen molar-refractivity contribution in [3.63, 3.8) is 0 Å². The highest BCUT2D eigenvalue weighted by molar-refractivity contribution is 5.93. The maximum Gasteiger partial charge on any atom is 0.165 e. The average molecular weight is 425 g/mol. The second-order valence-electron chi connectivity index (χ2n) is 8.19. The first-order valence-electron chi connectivity index (χ1n) is 10.9. The summed E-state index contributed by atoms with van der Waals surface area (Å²) in [4.78, 5) is 19.8. The molecule has 0 saturated carbocycles. The van der Waals surface area contributed by atoms with Crippen molar-refractivity contribution >= 4 is 22.2 Å². The van der Waals surface area contributed by atoms with Crippen LogP contribution in [-0.2, 0) is 11.3 Å². The van der Waals surface area contributed by atoms with Gasteiger partial charge in [-0.05, 0) is 48.9 Å². The van der Waals surface area contributed by atoms with E-state index in [2.05, 4.69) is 49.8 Å². The monoisotopic (exact) mass is 424 g/mol. The van der Waals surface area contributed by atoms with E-state index < -0.39 is 0 Å². The number of nitrogens with one attached hydrogen (secondary N) is 1. The van der Waals surface area contributed by atoms with Gasteiger partial charge in [0.2, 0.25) is 0 Å². The summed E-state index contributed by atoms with van der Waals surface area (Å²) < 4.78 is 7.63. The molecule has 32 heavy (non-hydrogen) atoms. The van der Waals surface area contributed by atoms with Gasteiger partial charge in [-0.15, -0.1) is 0 Å². The van der Waals surface area contributed by atoms with E-state index in [9.17, 15) is 0 Å². The number of nitrogens with zero attached hydrogens (tertiary/aromatic N) is 5. The van der Waals surface area contributed by atoms with Crippen LogP contribution in [0.4, 0.5) is 0 Å². The highest BCUT2D eigenvalue weighted by Gasteiger charge is 2.15. The first kappa shape index (κ1) is 19.2. The van der Waals surface area contributed by atoms with Crippen molar-refractivity contribution in [2.75, 3.05) is 26.3 Å². The van der Waals surface area contributed by atoms with Gasteiger partial charge in [-0.2, -0.15) is 0 Å². The first-order valence-corrected chi connectivity index (χ1v) is 10.9. The van der Waals surface area contributed by atoms with Crippen LogP contribution in [0.5, 0.6) is 0 Å². The number of hydrogen-bond acceptors (Lipinski definition) is 5. The second kappa shape index (κ2) is 7.85. The molecule has 1 fully saturated rings. The third-order valence-corrected chi connectivity index (χ3v) is 6.09. The van der Waals surface area contributed by atoms with Gasteiger partial charge in [0.15, 0.2) is 5.65 Å². The Morgan fingerprint density at radius 3 is 2.84 bits per heavy atom. The van der Waals surface area contributed by atoms with Gasteiger partial charge >= 0.3 is 0 Å². The third-order valence-electron chi connectivity index (χ3n) is 6.09. The van der Waals surface area contributed by atoms with Crippen LogP contribution in [0, 0.1) is 6.92 Å². The normalized spacial score (nSPS) is 15.0. The number of morpholine rings is 1. The van der Waals surface area contributed by atoms with Crippen LogP contribution in [0.1, 0.15) is 11.4 Å². The summed E-state index contributed by atoms with van der Waals surface area (Å²) >= 11 is 0. The fourth-order valence-electron chi connectivity index (χ4n) is 4.53. The predicted octanol–water partition coefficient (Wildman–Crippen LogP) is 4.10. The second-order valence-corrected chi connectivity index (χ2v) is 8.19. The number of aromatic amines is 1. The highest BCUT2D eigenvalue weighted by atomic mass is 16.5. The lowest BCUT2D eigenvalue weighted by Crippen LogP contribution is -2.35. The van der Waals surface area contributed by atoms with E-state index in [0.717, 1.165) is 77.8 Å². The highest BCUT2D eigenvalue weighted by Crippen LogP contribution is 2.28. The minimum Gasteiger partial charge on any atom is -0.379 e. The van der Waals surface area contributed by atoms with E-state index in [4.69, 9.17) is 14.7 Å². The number of H-pyrrole nitrogens is 1. The summed E-state index contributed by atoms with van der Waals surface area (Å²) in [6, 6.07) is 16.8. The Morgan fingerprint density at radius 1 is 1.03 bits per heavy atom. The molecule has 1 N–H and O–H groups in total. The van der Waals surface area contributed by atoms with Gasteiger partial charge in [0.05, 0.1) is 18.9 Å². The van der Waals surface area contributed by atoms with Crippen molar-refractivity contribution in [3.8, 4) is 16.9 Å². The Labute approximate surface area is 185 Å². The molecule has 7 heteroatoms. The molecule has 1 aliphatic rings. The molecule has 6 rings (SSSR count). The van der Waals surface area contributed by atoms with Gasteiger partial charge in [-0.3, -0.25) is 9.47 Å². The van der Waals surface area contributed by atoms with Gasteiger partial charge in [-0.1, -0.05) is 12.1 Å². The molecule has 4 aromatic heterocycles. The number of benzene rings is 1. The number of imidazole rings is 1. The van der Waals surface area contributed by atoms with Crippen molar-refractivity contribution in [1.29, 1.82) is 0 Å². The lowest BCUT2D eigenvalue weighted by Gasteiger charge is -2.26. The standard InChI is InChI=1S/C25H24N6O/c1-17-28-23-6-5-22(20-7-9-26-24-21(20)8-10-27-24)29-25(23)31(17)19-4-2-3-18(15-19)16-30-11-13-32-14-12-30/h2-10,15H,11-14,16H2,1H3,(H,26,27). The molecular formula is C25H24N6O. The first-order chi connectivity index (χ1) is 15.8. The number of ether oxygens (including phenoxy) is 1. The molecule has 0 bridgehead atoms. The van der Waals surface area contributed by atoms with Crippen LogP contribution in [0.2, 0.25) is 0 Å². The van der Waals surface area contributed by atoms with Crippen molar-refractivity contribution < 1.29 is 4.74 Å². The summed E-state index contributed by atoms with van der Waals surface area (Å²) in [6.45, 7) is 6.52. The molecule has 0 aliphatic carbocycles. The van der Waals surface area contributed by atoms with Gasteiger partial charge in [0.1, 0.15) is 17.0 Å². The molecule has 1 aliphatic heterocycles. The molecular weight excluding hydrogens is 400 g/mol. The Bertz CT molecular complexity index is 1410. The molecule has 5 aromatic rings. The number of pyridine rings is 2. The molecule has 0 spiro atoms. The average Bonchev–Trinajstić information content (AvgIpc) is 3.43. The van der Waals surface area contributed by atoms with Crippen LogP contribution >= 0.6 is 0 Å². The minimum atomic E-state index is 0.807. The SMILES string of the molecule is Cc1nc2ccc(-c3ccnc4[nH]ccc34)nc2n1-c1cccc(CN2CCOCC2)c1. The Kier molecular flexibility index (Phi) is 4.70. The summed E-state index contributed by atoms with van der Waals surface area (Å²) in [5.74, 6) is 0.926. The zero-order valence-corrected chi connectivity index (χ0v) is 18.0. The molecule has 0 radical (unpaired) electrons. The molecule has 7 nitrogen and oxygen atoms in total. The van der Waals surface area contributed by atoms with Gasteiger partial charge in [0, 0.05) is 48.7 Å². The summed E-state index contributed by atoms with van der Waals surface area (Å²) in [5.41, 5.74) is 6.96. The Morgan fingerprint density at radius 2 is 1.94 bits per heavy atom. The summed E-state index contributed by atoms with van der Waals surface area (Å²) in [5, 5.41) is 1.06. The van der Waals surface area contributed by atoms with Crippen LogP contribution in [0.3, 0.4) is 0 Å². The van der Waals surface area contributed by atoms with Crippen molar-refractivity contribution in [3.05, 3.63) is 72.3 Å². The van der Waals surface area contributed by atoms with Gasteiger partial charge in [-0.25, -0.2) is 15.0 Å². The molecule has 1 saturated heterocycles. The van der Waals surface area contributed by atoms with E-state index in [1.165, 1.54) is 5.56 Å². The Balaban J connectivity index is 1.43. The zero-order valence-electron chi connectivity index (χ0n) is 18.0. The van der Waals surface area contributed by atoms with E-state index >= 15 is 0 Å². The predicted molar refractivity (Wildman–Crippen MR) is 125 cm³/mol. The quantitative estimate of drug-likeness (QED) is 0.470. The van der Waals surface area contributed by atoms with Crippen LogP contribution < -0.4 is 0 Å². The number of rotatable bonds is 4. The fourth-order valence-corrected chi connectivity index (χ4v) is 4.53. The van der Waals surface area contributed by atoms with Crippen molar-refractivity contribution in [2.45, 2.75) is 13.5 Å². The molecule has 160 valence electrons. The Hall–Kier alpha value is -3.55. The zero-order chi connectivity index (χ0) is 21.5. The number of aromatic nitrogens is 5. The van der Waals surface area contributed by atoms with E-state index in [0.29, 0.717) is 0 Å². The van der Waals surface area contributed by atoms with Crippen LogP contribution in [0.25, 0.3) is 39.1 Å². The molecule has 0 atom stereocenters. The fraction of sp³-hybridized carbons (Fsp3) is 0.240. The smallest absolute Gasteiger partial charge is 0.165 e. The number of aryl methyl sites for hydroxylation is 1. The minimum absolute atomic E-state index is 0.807. The number of fused-ring (bicyclic) bond motifs is 2. The lowest BCUT2D eigenvalue weighted by molar-refractivity contribution is 0.0342. The van der Waals surface area contributed by atoms with Crippen LogP contribution in [0.15, 0.2) is 60.9 Å². The summed E-state index contributed by atoms with van der Waals surface area (Å²) in [7, 11) is 0. The molecule has 0 amide bonds. The third kappa shape index (κ3) is 3.36. The van der Waals surface area contributed by atoms with Gasteiger partial charge in [0.25, 0.3) is 0 Å². The topological polar surface area (TPSA) is 71.9 Å². The van der Waals surface area contributed by atoms with Crippen molar-refractivity contribution in [1.82, 2.24) is 29.4 Å². The number of hydrogen-bond donors (Lipinski definition) is 1. The van der Waals surface area contributed by atoms with E-state index in [-0.39, 0.29) is 0 Å². The lowest BCUT2D eigenvalue weighted by atomic mass is 10.1. The largest absolute Gasteiger partial charge is 0.379 e. The van der Waals surface area contributed by atoms with E-state index in [1.54, 1.807) is 0 Å². The van der Waals surface area contributed by atoms with Crippen LogP contribution in [-0.4, -0.2) is 55.7 Å². The maximum absolute atomic E-state index is 5.49. The maximum atomic E-state index is 5.49. The van der Waals surface area contributed by atoms with Crippen molar-refractivity contribution in [2.24, 2.45) is 0 Å². The molecule has 0 unspecified atom stereocenters.